The maximum absolute atomic E-state index is 12.5. The fourth-order valence-corrected chi connectivity index (χ4v) is 3.56. The Kier molecular flexibility index (Phi) is 6.55. The summed E-state index contributed by atoms with van der Waals surface area (Å²) in [4.78, 5) is 34.6. The molecule has 2 aliphatic rings. The number of nitrogens with zero attached hydrogens (tertiary/aromatic N) is 4. The van der Waals surface area contributed by atoms with E-state index < -0.39 is 0 Å². The topological polar surface area (TPSA) is 68.2 Å². The van der Waals surface area contributed by atoms with Crippen LogP contribution in [0.3, 0.4) is 0 Å². The van der Waals surface area contributed by atoms with Gasteiger partial charge in [-0.15, -0.1) is 0 Å². The van der Waals surface area contributed by atoms with E-state index >= 15 is 0 Å². The van der Waals surface area contributed by atoms with Crippen LogP contribution in [0.5, 0.6) is 0 Å². The maximum atomic E-state index is 12.5. The van der Waals surface area contributed by atoms with Gasteiger partial charge < -0.3 is 20.0 Å². The second-order valence-electron chi connectivity index (χ2n) is 6.85. The van der Waals surface area contributed by atoms with Crippen molar-refractivity contribution in [3.8, 4) is 0 Å². The summed E-state index contributed by atoms with van der Waals surface area (Å²) >= 11 is 5.91. The van der Waals surface area contributed by atoms with Crippen LogP contribution in [0.1, 0.15) is 18.4 Å². The molecule has 0 aromatic heterocycles. The van der Waals surface area contributed by atoms with E-state index in [4.69, 9.17) is 11.6 Å². The monoisotopic (exact) mass is 391 g/mol. The zero-order chi connectivity index (χ0) is 19.2. The van der Waals surface area contributed by atoms with Crippen LogP contribution in [0.15, 0.2) is 29.3 Å². The number of halogens is 1. The van der Waals surface area contributed by atoms with E-state index in [9.17, 15) is 9.59 Å². The molecular weight excluding hydrogens is 366 g/mol. The Balaban J connectivity index is 1.50. The molecule has 0 spiro atoms. The average molecular weight is 392 g/mol. The van der Waals surface area contributed by atoms with Gasteiger partial charge in [-0.1, -0.05) is 23.7 Å². The molecule has 0 atom stereocenters. The van der Waals surface area contributed by atoms with Gasteiger partial charge in [0.05, 0.1) is 13.1 Å². The Morgan fingerprint density at radius 2 is 1.81 bits per heavy atom. The summed E-state index contributed by atoms with van der Waals surface area (Å²) in [5.41, 5.74) is 1.06. The number of carbonyl (C=O) groups is 2. The number of nitrogens with one attached hydrogen (secondary N) is 1. The molecular formula is C19H26ClN5O2. The van der Waals surface area contributed by atoms with Crippen molar-refractivity contribution in [3.05, 3.63) is 34.9 Å². The van der Waals surface area contributed by atoms with Crippen molar-refractivity contribution in [2.45, 2.75) is 19.4 Å². The molecule has 2 heterocycles. The number of benzene rings is 1. The van der Waals surface area contributed by atoms with Crippen LogP contribution in [0.2, 0.25) is 5.02 Å². The number of hydrogen-bond donors (Lipinski definition) is 1. The number of hydrogen-bond acceptors (Lipinski definition) is 3. The van der Waals surface area contributed by atoms with Gasteiger partial charge in [0.1, 0.15) is 0 Å². The van der Waals surface area contributed by atoms with Crippen LogP contribution in [0.4, 0.5) is 0 Å². The van der Waals surface area contributed by atoms with E-state index in [1.54, 1.807) is 7.05 Å². The molecule has 2 fully saturated rings. The third-order valence-electron chi connectivity index (χ3n) is 4.97. The van der Waals surface area contributed by atoms with E-state index in [1.807, 2.05) is 39.0 Å². The van der Waals surface area contributed by atoms with Gasteiger partial charge in [-0.05, 0) is 30.5 Å². The fraction of sp³-hybridized carbons (Fsp3) is 0.526. The lowest BCUT2D eigenvalue weighted by Gasteiger charge is -2.36. The zero-order valence-corrected chi connectivity index (χ0v) is 16.4. The maximum Gasteiger partial charge on any atom is 0.242 e. The smallest absolute Gasteiger partial charge is 0.242 e. The van der Waals surface area contributed by atoms with E-state index in [0.29, 0.717) is 30.6 Å². The minimum Gasteiger partial charge on any atom is -0.347 e. The molecule has 0 radical (unpaired) electrons. The number of guanidine groups is 1. The van der Waals surface area contributed by atoms with Crippen molar-refractivity contribution in [3.63, 3.8) is 0 Å². The van der Waals surface area contributed by atoms with Gasteiger partial charge in [0, 0.05) is 44.8 Å². The summed E-state index contributed by atoms with van der Waals surface area (Å²) in [7, 11) is 1.67. The molecule has 2 amide bonds. The summed E-state index contributed by atoms with van der Waals surface area (Å²) in [6.45, 7) is 4.00. The number of rotatable bonds is 4. The van der Waals surface area contributed by atoms with Crippen LogP contribution in [0.25, 0.3) is 0 Å². The Morgan fingerprint density at radius 3 is 2.44 bits per heavy atom. The Morgan fingerprint density at radius 1 is 1.11 bits per heavy atom. The summed E-state index contributed by atoms with van der Waals surface area (Å²) in [6, 6.07) is 7.54. The van der Waals surface area contributed by atoms with Crippen LogP contribution >= 0.6 is 11.6 Å². The first kappa shape index (κ1) is 19.5. The lowest BCUT2D eigenvalue weighted by atomic mass is 10.2. The quantitative estimate of drug-likeness (QED) is 0.618. The highest BCUT2D eigenvalue weighted by Gasteiger charge is 2.26. The molecule has 146 valence electrons. The van der Waals surface area contributed by atoms with Gasteiger partial charge in [-0.2, -0.15) is 0 Å². The molecule has 1 aromatic carbocycles. The van der Waals surface area contributed by atoms with Gasteiger partial charge >= 0.3 is 0 Å². The van der Waals surface area contributed by atoms with E-state index in [2.05, 4.69) is 10.3 Å². The zero-order valence-electron chi connectivity index (χ0n) is 15.7. The van der Waals surface area contributed by atoms with E-state index in [0.717, 1.165) is 31.5 Å². The largest absolute Gasteiger partial charge is 0.347 e. The molecule has 8 heteroatoms. The van der Waals surface area contributed by atoms with Gasteiger partial charge in [0.15, 0.2) is 5.96 Å². The predicted molar refractivity (Wildman–Crippen MR) is 106 cm³/mol. The van der Waals surface area contributed by atoms with Gasteiger partial charge in [-0.3, -0.25) is 14.6 Å². The standard InChI is InChI=1S/C19H26ClN5O2/c1-21-19(22-12-17(26)23-8-2-3-9-23)25-11-10-24(18(27)14-25)13-15-4-6-16(20)7-5-15/h4-7H,2-3,8-14H2,1H3,(H,21,22). The number of likely N-dealkylation sites (tertiary alicyclic amines) is 1. The highest BCUT2D eigenvalue weighted by atomic mass is 35.5. The summed E-state index contributed by atoms with van der Waals surface area (Å²) in [5, 5.41) is 3.79. The fourth-order valence-electron chi connectivity index (χ4n) is 3.43. The summed E-state index contributed by atoms with van der Waals surface area (Å²) in [5.74, 6) is 0.730. The summed E-state index contributed by atoms with van der Waals surface area (Å²) in [6.07, 6.45) is 2.15. The SMILES string of the molecule is CN=C(NCC(=O)N1CCCC1)N1CCN(Cc2ccc(Cl)cc2)C(=O)C1. The molecule has 0 aliphatic carbocycles. The molecule has 0 unspecified atom stereocenters. The first-order chi connectivity index (χ1) is 13.1. The second-order valence-corrected chi connectivity index (χ2v) is 7.29. The minimum absolute atomic E-state index is 0.0463. The lowest BCUT2D eigenvalue weighted by Crippen LogP contribution is -2.55. The van der Waals surface area contributed by atoms with E-state index in [1.165, 1.54) is 0 Å². The second kappa shape index (κ2) is 9.08. The molecule has 0 saturated carbocycles. The molecule has 0 bridgehead atoms. The molecule has 27 heavy (non-hydrogen) atoms. The highest BCUT2D eigenvalue weighted by molar-refractivity contribution is 6.30. The van der Waals surface area contributed by atoms with Crippen LogP contribution in [-0.2, 0) is 16.1 Å². The highest BCUT2D eigenvalue weighted by Crippen LogP contribution is 2.14. The van der Waals surface area contributed by atoms with Crippen molar-refractivity contribution in [1.29, 1.82) is 0 Å². The normalized spacial score (nSPS) is 18.2. The predicted octanol–water partition coefficient (Wildman–Crippen LogP) is 1.18. The molecule has 1 N–H and O–H groups in total. The van der Waals surface area contributed by atoms with Crippen molar-refractivity contribution >= 4 is 29.4 Å². The average Bonchev–Trinajstić information content (AvgIpc) is 3.21. The van der Waals surface area contributed by atoms with Crippen LogP contribution in [0, 0.1) is 0 Å². The summed E-state index contributed by atoms with van der Waals surface area (Å²) < 4.78 is 0. The van der Waals surface area contributed by atoms with Crippen LogP contribution < -0.4 is 5.32 Å². The Bertz CT molecular complexity index is 701. The third-order valence-corrected chi connectivity index (χ3v) is 5.23. The van der Waals surface area contributed by atoms with Crippen molar-refractivity contribution in [2.75, 3.05) is 46.3 Å². The lowest BCUT2D eigenvalue weighted by molar-refractivity contribution is -0.135. The number of amides is 2. The third kappa shape index (κ3) is 5.13. The van der Waals surface area contributed by atoms with E-state index in [-0.39, 0.29) is 24.9 Å². The first-order valence-corrected chi connectivity index (χ1v) is 9.70. The van der Waals surface area contributed by atoms with Crippen molar-refractivity contribution in [1.82, 2.24) is 20.0 Å². The number of piperazine rings is 1. The molecule has 2 aliphatic heterocycles. The Labute approximate surface area is 165 Å². The van der Waals surface area contributed by atoms with Crippen LogP contribution in [-0.4, -0.2) is 78.8 Å². The molecule has 1 aromatic rings. The molecule has 3 rings (SSSR count). The van der Waals surface area contributed by atoms with Crippen molar-refractivity contribution < 1.29 is 9.59 Å². The van der Waals surface area contributed by atoms with Gasteiger partial charge in [0.25, 0.3) is 0 Å². The number of carbonyl (C=O) groups excluding carboxylic acids is 2. The van der Waals surface area contributed by atoms with Gasteiger partial charge in [0.2, 0.25) is 11.8 Å². The number of aliphatic imine (C=N–C) groups is 1. The van der Waals surface area contributed by atoms with Crippen molar-refractivity contribution in [2.24, 2.45) is 4.99 Å². The van der Waals surface area contributed by atoms with Gasteiger partial charge in [-0.25, -0.2) is 0 Å². The first-order valence-electron chi connectivity index (χ1n) is 9.32. The molecule has 2 saturated heterocycles. The Hall–Kier alpha value is -2.28. The molecule has 7 nitrogen and oxygen atoms in total. The minimum atomic E-state index is 0.0463.